The van der Waals surface area contributed by atoms with E-state index in [1.54, 1.807) is 36.1 Å². The van der Waals surface area contributed by atoms with Crippen molar-refractivity contribution in [3.05, 3.63) is 40.9 Å². The van der Waals surface area contributed by atoms with Gasteiger partial charge in [-0.3, -0.25) is 4.57 Å². The van der Waals surface area contributed by atoms with Gasteiger partial charge in [0.1, 0.15) is 11.3 Å². The van der Waals surface area contributed by atoms with Gasteiger partial charge in [-0.05, 0) is 37.8 Å². The number of fused-ring (bicyclic) bond motifs is 1. The summed E-state index contributed by atoms with van der Waals surface area (Å²) in [4.78, 5) is 24.2. The Kier molecular flexibility index (Phi) is 4.01. The van der Waals surface area contributed by atoms with Crippen LogP contribution in [0, 0.1) is 0 Å². The summed E-state index contributed by atoms with van der Waals surface area (Å²) in [6.45, 7) is 0. The van der Waals surface area contributed by atoms with Crippen LogP contribution in [0.1, 0.15) is 31.7 Å². The number of rotatable bonds is 3. The molecule has 3 aromatic rings. The van der Waals surface area contributed by atoms with Crippen molar-refractivity contribution in [1.82, 2.24) is 19.5 Å². The van der Waals surface area contributed by atoms with Crippen molar-refractivity contribution in [2.45, 2.75) is 37.8 Å². The Hall–Kier alpha value is -2.67. The second kappa shape index (κ2) is 6.33. The number of phenolic OH excluding ortho intramolecular Hbond substituents is 1. The molecule has 0 unspecified atom stereocenters. The normalized spacial score (nSPS) is 20.8. The zero-order valence-corrected chi connectivity index (χ0v) is 14.0. The van der Waals surface area contributed by atoms with Gasteiger partial charge in [0, 0.05) is 18.7 Å². The standard InChI is InChI=1S/C18H20N4O3/c1-25-14-7-5-12(6-8-14)22-17-15(20-18(22)24)10-19-16(21-17)11-3-2-4-13(23)9-11/h2-4,9-10,12,14,23H,5-8H2,1H3,(H,20,24)/t12-,14-. The van der Waals surface area contributed by atoms with Crippen LogP contribution >= 0.6 is 0 Å². The number of phenols is 1. The number of imidazole rings is 1. The van der Waals surface area contributed by atoms with Gasteiger partial charge in [0.2, 0.25) is 0 Å². The molecule has 0 amide bonds. The third-order valence-corrected chi connectivity index (χ3v) is 4.90. The van der Waals surface area contributed by atoms with Gasteiger partial charge >= 0.3 is 5.69 Å². The number of H-pyrrole nitrogens is 1. The average molecular weight is 340 g/mol. The summed E-state index contributed by atoms with van der Waals surface area (Å²) < 4.78 is 7.16. The highest BCUT2D eigenvalue weighted by Crippen LogP contribution is 2.31. The second-order valence-electron chi connectivity index (χ2n) is 6.45. The fourth-order valence-corrected chi connectivity index (χ4v) is 3.58. The van der Waals surface area contributed by atoms with E-state index in [-0.39, 0.29) is 23.6 Å². The molecule has 1 fully saturated rings. The number of hydrogen-bond acceptors (Lipinski definition) is 5. The number of hydrogen-bond donors (Lipinski definition) is 2. The SMILES string of the molecule is CO[C@H]1CC[C@H](n2c(=O)[nH]c3cnc(-c4cccc(O)c4)nc32)CC1. The lowest BCUT2D eigenvalue weighted by atomic mass is 9.93. The summed E-state index contributed by atoms with van der Waals surface area (Å²) in [5, 5.41) is 9.67. The molecule has 25 heavy (non-hydrogen) atoms. The molecule has 130 valence electrons. The number of ether oxygens (including phenoxy) is 1. The van der Waals surface area contributed by atoms with Crippen LogP contribution in [0.15, 0.2) is 35.3 Å². The molecule has 0 spiro atoms. The molecule has 0 bridgehead atoms. The summed E-state index contributed by atoms with van der Waals surface area (Å²) in [5.41, 5.74) is 1.80. The Balaban J connectivity index is 1.76. The van der Waals surface area contributed by atoms with Crippen LogP contribution in [-0.2, 0) is 4.74 Å². The maximum atomic E-state index is 12.5. The lowest BCUT2D eigenvalue weighted by Gasteiger charge is -2.28. The van der Waals surface area contributed by atoms with Gasteiger partial charge in [-0.25, -0.2) is 14.8 Å². The quantitative estimate of drug-likeness (QED) is 0.764. The van der Waals surface area contributed by atoms with Crippen LogP contribution < -0.4 is 5.69 Å². The van der Waals surface area contributed by atoms with Crippen LogP contribution in [-0.4, -0.2) is 37.8 Å². The summed E-state index contributed by atoms with van der Waals surface area (Å²) in [7, 11) is 1.73. The highest BCUT2D eigenvalue weighted by atomic mass is 16.5. The highest BCUT2D eigenvalue weighted by molar-refractivity contribution is 5.73. The van der Waals surface area contributed by atoms with E-state index in [1.165, 1.54) is 0 Å². The monoisotopic (exact) mass is 340 g/mol. The van der Waals surface area contributed by atoms with Gasteiger partial charge in [0.25, 0.3) is 0 Å². The van der Waals surface area contributed by atoms with Gasteiger partial charge in [-0.2, -0.15) is 0 Å². The van der Waals surface area contributed by atoms with E-state index in [0.717, 1.165) is 25.7 Å². The number of aromatic amines is 1. The molecule has 1 aliphatic rings. The zero-order valence-electron chi connectivity index (χ0n) is 14.0. The zero-order chi connectivity index (χ0) is 17.4. The minimum atomic E-state index is -0.154. The molecule has 0 aliphatic heterocycles. The lowest BCUT2D eigenvalue weighted by Crippen LogP contribution is -2.28. The van der Waals surface area contributed by atoms with E-state index in [1.807, 2.05) is 6.07 Å². The number of nitrogens with zero attached hydrogens (tertiary/aromatic N) is 3. The fourth-order valence-electron chi connectivity index (χ4n) is 3.58. The van der Waals surface area contributed by atoms with E-state index >= 15 is 0 Å². The summed E-state index contributed by atoms with van der Waals surface area (Å²) >= 11 is 0. The minimum Gasteiger partial charge on any atom is -0.508 e. The predicted molar refractivity (Wildman–Crippen MR) is 93.6 cm³/mol. The molecule has 7 nitrogen and oxygen atoms in total. The van der Waals surface area contributed by atoms with Gasteiger partial charge in [-0.15, -0.1) is 0 Å². The Bertz CT molecular complexity index is 954. The minimum absolute atomic E-state index is 0.111. The Morgan fingerprint density at radius 3 is 2.80 bits per heavy atom. The molecular weight excluding hydrogens is 320 g/mol. The molecule has 2 N–H and O–H groups in total. The van der Waals surface area contributed by atoms with Crippen LogP contribution in [0.25, 0.3) is 22.6 Å². The van der Waals surface area contributed by atoms with Crippen LogP contribution in [0.3, 0.4) is 0 Å². The first-order valence-corrected chi connectivity index (χ1v) is 8.45. The van der Waals surface area contributed by atoms with E-state index in [4.69, 9.17) is 4.74 Å². The van der Waals surface area contributed by atoms with Gasteiger partial charge in [-0.1, -0.05) is 12.1 Å². The molecule has 0 atom stereocenters. The maximum Gasteiger partial charge on any atom is 0.327 e. The Labute approximate surface area is 144 Å². The Morgan fingerprint density at radius 2 is 2.08 bits per heavy atom. The van der Waals surface area contributed by atoms with E-state index in [9.17, 15) is 9.90 Å². The molecular formula is C18H20N4O3. The Morgan fingerprint density at radius 1 is 1.28 bits per heavy atom. The predicted octanol–water partition coefficient (Wildman–Crippen LogP) is 2.62. The number of nitrogens with one attached hydrogen (secondary N) is 1. The van der Waals surface area contributed by atoms with Gasteiger partial charge in [0.05, 0.1) is 12.3 Å². The van der Waals surface area contributed by atoms with Crippen molar-refractivity contribution in [2.24, 2.45) is 0 Å². The summed E-state index contributed by atoms with van der Waals surface area (Å²) in [6.07, 6.45) is 5.54. The van der Waals surface area contributed by atoms with Crippen LogP contribution in [0.2, 0.25) is 0 Å². The third kappa shape index (κ3) is 2.91. The van der Waals surface area contributed by atoms with Crippen molar-refractivity contribution in [3.63, 3.8) is 0 Å². The first-order chi connectivity index (χ1) is 12.2. The van der Waals surface area contributed by atoms with E-state index in [0.29, 0.717) is 22.6 Å². The maximum absolute atomic E-state index is 12.5. The van der Waals surface area contributed by atoms with Crippen molar-refractivity contribution in [2.75, 3.05) is 7.11 Å². The van der Waals surface area contributed by atoms with Crippen molar-refractivity contribution in [1.29, 1.82) is 0 Å². The molecule has 4 rings (SSSR count). The molecule has 0 radical (unpaired) electrons. The topological polar surface area (TPSA) is 93.0 Å². The van der Waals surface area contributed by atoms with Crippen molar-refractivity contribution in [3.8, 4) is 17.1 Å². The molecule has 7 heteroatoms. The molecule has 0 saturated heterocycles. The fraction of sp³-hybridized carbons (Fsp3) is 0.389. The summed E-state index contributed by atoms with van der Waals surface area (Å²) in [5.74, 6) is 0.646. The second-order valence-corrected chi connectivity index (χ2v) is 6.45. The average Bonchev–Trinajstić information content (AvgIpc) is 2.96. The first-order valence-electron chi connectivity index (χ1n) is 8.45. The highest BCUT2D eigenvalue weighted by Gasteiger charge is 2.25. The smallest absolute Gasteiger partial charge is 0.327 e. The third-order valence-electron chi connectivity index (χ3n) is 4.90. The van der Waals surface area contributed by atoms with Crippen LogP contribution in [0.4, 0.5) is 0 Å². The van der Waals surface area contributed by atoms with Crippen molar-refractivity contribution < 1.29 is 9.84 Å². The van der Waals surface area contributed by atoms with E-state index < -0.39 is 0 Å². The van der Waals surface area contributed by atoms with Gasteiger partial charge in [0.15, 0.2) is 11.5 Å². The molecule has 1 saturated carbocycles. The molecule has 2 aromatic heterocycles. The van der Waals surface area contributed by atoms with Gasteiger partial charge < -0.3 is 14.8 Å². The lowest BCUT2D eigenvalue weighted by molar-refractivity contribution is 0.0585. The van der Waals surface area contributed by atoms with Crippen molar-refractivity contribution >= 4 is 11.2 Å². The van der Waals surface area contributed by atoms with E-state index in [2.05, 4.69) is 15.0 Å². The molecule has 1 aliphatic carbocycles. The number of methoxy groups -OCH3 is 1. The number of benzene rings is 1. The number of aromatic nitrogens is 4. The number of aromatic hydroxyl groups is 1. The molecule has 1 aromatic carbocycles. The first kappa shape index (κ1) is 15.8. The summed E-state index contributed by atoms with van der Waals surface area (Å²) in [6, 6.07) is 6.90. The van der Waals surface area contributed by atoms with Crippen LogP contribution in [0.5, 0.6) is 5.75 Å². The largest absolute Gasteiger partial charge is 0.508 e. The molecule has 2 heterocycles.